The summed E-state index contributed by atoms with van der Waals surface area (Å²) in [7, 11) is 0. The lowest BCUT2D eigenvalue weighted by molar-refractivity contribution is -0.763. The molecular weight excluding hydrogens is 356 g/mol. The van der Waals surface area contributed by atoms with Crippen molar-refractivity contribution in [3.05, 3.63) is 45.5 Å². The van der Waals surface area contributed by atoms with Gasteiger partial charge >= 0.3 is 12.1 Å². The van der Waals surface area contributed by atoms with Crippen molar-refractivity contribution in [2.75, 3.05) is 6.54 Å². The van der Waals surface area contributed by atoms with E-state index in [4.69, 9.17) is 4.74 Å². The maximum absolute atomic E-state index is 12.5. The van der Waals surface area contributed by atoms with E-state index in [0.29, 0.717) is 30.5 Å². The molecule has 1 saturated heterocycles. The Morgan fingerprint density at radius 2 is 1.85 bits per heavy atom. The summed E-state index contributed by atoms with van der Waals surface area (Å²) >= 11 is 0. The number of amides is 1. The van der Waals surface area contributed by atoms with Gasteiger partial charge in [0.05, 0.1) is 0 Å². The van der Waals surface area contributed by atoms with Crippen LogP contribution in [0.1, 0.15) is 44.7 Å². The first-order valence-electron chi connectivity index (χ1n) is 8.63. The molecule has 1 aliphatic heterocycles. The lowest BCUT2D eigenvalue weighted by atomic mass is 9.88. The number of likely N-dealkylation sites (tertiary alicyclic amines) is 1. The third-order valence-electron chi connectivity index (χ3n) is 4.36. The predicted molar refractivity (Wildman–Crippen MR) is 94.5 cm³/mol. The highest BCUT2D eigenvalue weighted by Crippen LogP contribution is 2.34. The Bertz CT molecular complexity index is 711. The van der Waals surface area contributed by atoms with Gasteiger partial charge in [-0.2, -0.15) is 0 Å². The predicted octanol–water partition coefficient (Wildman–Crippen LogP) is 2.79. The van der Waals surface area contributed by atoms with Gasteiger partial charge in [-0.15, -0.1) is 10.1 Å². The van der Waals surface area contributed by atoms with Gasteiger partial charge in [-0.3, -0.25) is 4.90 Å². The third kappa shape index (κ3) is 5.08. The number of benzene rings is 1. The minimum atomic E-state index is -1.37. The highest BCUT2D eigenvalue weighted by Gasteiger charge is 2.51. The Balaban J connectivity index is 2.19. The number of ether oxygens (including phenoxy) is 1. The van der Waals surface area contributed by atoms with Crippen molar-refractivity contribution in [2.45, 2.75) is 57.8 Å². The Labute approximate surface area is 157 Å². The van der Waals surface area contributed by atoms with Crippen LogP contribution in [0.3, 0.4) is 0 Å². The number of carboxylic acid groups (broad SMARTS) is 1. The number of nitrogens with zero attached hydrogens (tertiary/aromatic N) is 2. The molecule has 0 radical (unpaired) electrons. The summed E-state index contributed by atoms with van der Waals surface area (Å²) in [6.07, 6.45) is 0.379. The largest absolute Gasteiger partial charge is 0.479 e. The average molecular weight is 380 g/mol. The maximum Gasteiger partial charge on any atom is 0.411 e. The summed E-state index contributed by atoms with van der Waals surface area (Å²) < 4.78 is 5.38. The zero-order valence-electron chi connectivity index (χ0n) is 15.6. The van der Waals surface area contributed by atoms with Crippen molar-refractivity contribution >= 4 is 12.1 Å². The number of hydrogen-bond acceptors (Lipinski definition) is 6. The van der Waals surface area contributed by atoms with Crippen LogP contribution in [0.15, 0.2) is 24.3 Å². The van der Waals surface area contributed by atoms with E-state index in [9.17, 15) is 24.8 Å². The topological polar surface area (TPSA) is 119 Å². The van der Waals surface area contributed by atoms with Crippen LogP contribution in [-0.2, 0) is 27.4 Å². The number of carbonyl (C=O) groups excluding carboxylic acids is 1. The third-order valence-corrected chi connectivity index (χ3v) is 4.36. The van der Waals surface area contributed by atoms with Crippen molar-refractivity contribution in [3.8, 4) is 0 Å². The van der Waals surface area contributed by atoms with Crippen LogP contribution in [0.2, 0.25) is 0 Å². The van der Waals surface area contributed by atoms with E-state index in [1.807, 2.05) is 0 Å². The second-order valence-electron chi connectivity index (χ2n) is 7.56. The minimum Gasteiger partial charge on any atom is -0.479 e. The first kappa shape index (κ1) is 20.5. The summed E-state index contributed by atoms with van der Waals surface area (Å²) in [6.45, 7) is 5.33. The van der Waals surface area contributed by atoms with Crippen molar-refractivity contribution in [2.24, 2.45) is 0 Å². The average Bonchev–Trinajstić information content (AvgIpc) is 2.98. The zero-order chi connectivity index (χ0) is 20.2. The Morgan fingerprint density at radius 3 is 2.37 bits per heavy atom. The molecule has 0 spiro atoms. The lowest BCUT2D eigenvalue weighted by Crippen LogP contribution is -2.55. The molecule has 1 amide bonds. The molecule has 0 aliphatic carbocycles. The fraction of sp³-hybridized carbons (Fsp3) is 0.556. The van der Waals surface area contributed by atoms with E-state index >= 15 is 0 Å². The highest BCUT2D eigenvalue weighted by molar-refractivity contribution is 5.85. The van der Waals surface area contributed by atoms with Crippen LogP contribution >= 0.6 is 0 Å². The van der Waals surface area contributed by atoms with Gasteiger partial charge in [0, 0.05) is 13.0 Å². The molecule has 27 heavy (non-hydrogen) atoms. The second kappa shape index (κ2) is 7.81. The molecule has 2 rings (SSSR count). The molecule has 1 aliphatic rings. The monoisotopic (exact) mass is 380 g/mol. The molecule has 9 nitrogen and oxygen atoms in total. The van der Waals surface area contributed by atoms with Crippen LogP contribution in [0.5, 0.6) is 0 Å². The first-order valence-corrected chi connectivity index (χ1v) is 8.63. The summed E-state index contributed by atoms with van der Waals surface area (Å²) in [4.78, 5) is 40.5. The molecule has 1 heterocycles. The van der Waals surface area contributed by atoms with Crippen LogP contribution in [0, 0.1) is 10.1 Å². The molecule has 1 unspecified atom stereocenters. The van der Waals surface area contributed by atoms with Gasteiger partial charge in [0.2, 0.25) is 0 Å². The van der Waals surface area contributed by atoms with Crippen LogP contribution < -0.4 is 0 Å². The van der Waals surface area contributed by atoms with Gasteiger partial charge in [0.1, 0.15) is 17.7 Å². The van der Waals surface area contributed by atoms with Crippen molar-refractivity contribution in [3.63, 3.8) is 0 Å². The van der Waals surface area contributed by atoms with E-state index < -0.39 is 28.3 Å². The molecule has 148 valence electrons. The van der Waals surface area contributed by atoms with Gasteiger partial charge < -0.3 is 14.7 Å². The molecule has 1 aromatic rings. The molecule has 1 aromatic carbocycles. The molecule has 0 saturated carbocycles. The molecule has 0 bridgehead atoms. The van der Waals surface area contributed by atoms with Gasteiger partial charge in [-0.05, 0) is 44.7 Å². The Morgan fingerprint density at radius 1 is 1.26 bits per heavy atom. The first-order chi connectivity index (χ1) is 12.5. The van der Waals surface area contributed by atoms with Gasteiger partial charge in [-0.1, -0.05) is 24.3 Å². The summed E-state index contributed by atoms with van der Waals surface area (Å²) in [6, 6.07) is 6.66. The van der Waals surface area contributed by atoms with Crippen molar-refractivity contribution in [1.29, 1.82) is 0 Å². The maximum atomic E-state index is 12.5. The highest BCUT2D eigenvalue weighted by atomic mass is 16.9. The van der Waals surface area contributed by atoms with Crippen molar-refractivity contribution in [1.82, 2.24) is 4.90 Å². The number of hydrogen-bond donors (Lipinski definition) is 1. The van der Waals surface area contributed by atoms with Gasteiger partial charge in [0.15, 0.2) is 0 Å². The molecule has 1 N–H and O–H groups in total. The molecule has 0 aromatic heterocycles. The molecule has 9 heteroatoms. The summed E-state index contributed by atoms with van der Waals surface area (Å²) in [5, 5.41) is 19.3. The van der Waals surface area contributed by atoms with E-state index in [-0.39, 0.29) is 13.0 Å². The van der Waals surface area contributed by atoms with E-state index in [0.717, 1.165) is 0 Å². The second-order valence-corrected chi connectivity index (χ2v) is 7.56. The summed E-state index contributed by atoms with van der Waals surface area (Å²) in [5.74, 6) is -1.08. The van der Waals surface area contributed by atoms with Crippen LogP contribution in [-0.4, -0.2) is 44.8 Å². The van der Waals surface area contributed by atoms with E-state index in [2.05, 4.69) is 4.84 Å². The van der Waals surface area contributed by atoms with Crippen LogP contribution in [0.4, 0.5) is 4.79 Å². The van der Waals surface area contributed by atoms with Gasteiger partial charge in [-0.25, -0.2) is 9.59 Å². The molecular formula is C18H24N2O7. The quantitative estimate of drug-likeness (QED) is 0.595. The number of rotatable bonds is 6. The Hall–Kier alpha value is -2.84. The SMILES string of the molecule is CC(C)(C)OC(=O)N1CCCC1(Cc1ccc(CO[N+](=O)[O-])cc1)C(=O)O. The summed E-state index contributed by atoms with van der Waals surface area (Å²) in [5.41, 5.74) is -0.794. The smallest absolute Gasteiger partial charge is 0.411 e. The van der Waals surface area contributed by atoms with Crippen LogP contribution in [0.25, 0.3) is 0 Å². The zero-order valence-corrected chi connectivity index (χ0v) is 15.6. The van der Waals surface area contributed by atoms with E-state index in [1.54, 1.807) is 45.0 Å². The lowest BCUT2D eigenvalue weighted by Gasteiger charge is -2.36. The normalized spacial score (nSPS) is 19.6. The Kier molecular flexibility index (Phi) is 5.92. The number of carboxylic acids is 1. The molecule has 1 atom stereocenters. The number of carbonyl (C=O) groups is 2. The molecule has 1 fully saturated rings. The minimum absolute atomic E-state index is 0.123. The fourth-order valence-corrected chi connectivity index (χ4v) is 3.16. The van der Waals surface area contributed by atoms with Crippen molar-refractivity contribution < 1.29 is 29.4 Å². The fourth-order valence-electron chi connectivity index (χ4n) is 3.16. The van der Waals surface area contributed by atoms with E-state index in [1.165, 1.54) is 4.90 Å². The number of aliphatic carboxylic acids is 1. The van der Waals surface area contributed by atoms with Gasteiger partial charge in [0.25, 0.3) is 5.09 Å². The standard InChI is InChI=1S/C18H24N2O7/c1-17(2,3)27-16(23)19-10-4-9-18(19,15(21)22)11-13-5-7-14(8-6-13)12-26-20(24)25/h5-8H,4,9-12H2,1-3H3,(H,21,22).